The highest BCUT2D eigenvalue weighted by Crippen LogP contribution is 2.70. The molecule has 0 radical (unpaired) electrons. The minimum atomic E-state index is -0.642. The van der Waals surface area contributed by atoms with Crippen LogP contribution in [0, 0.1) is 40.4 Å². The number of aliphatic hydroxyl groups excluding tert-OH is 1. The molecule has 4 aliphatic carbocycles. The Morgan fingerprint density at radius 1 is 1.07 bits per heavy atom. The summed E-state index contributed by atoms with van der Waals surface area (Å²) < 4.78 is 5.22. The fourth-order valence-electron chi connectivity index (χ4n) is 8.85. The van der Waals surface area contributed by atoms with Crippen molar-refractivity contribution >= 4 is 5.97 Å². The third-order valence-corrected chi connectivity index (χ3v) is 10.5. The van der Waals surface area contributed by atoms with Gasteiger partial charge >= 0.3 is 5.97 Å². The number of ether oxygens (including phenoxy) is 1. The third-order valence-electron chi connectivity index (χ3n) is 10.5. The Bertz CT molecular complexity index is 715. The number of cyclic esters (lactones) is 1. The van der Waals surface area contributed by atoms with E-state index in [1.54, 1.807) is 6.08 Å². The van der Waals surface area contributed by atoms with Gasteiger partial charge in [0.15, 0.2) is 0 Å². The molecule has 4 heteroatoms. The van der Waals surface area contributed by atoms with E-state index in [9.17, 15) is 15.0 Å². The Hall–Kier alpha value is -0.870. The molecule has 4 saturated carbocycles. The molecule has 0 saturated heterocycles. The highest BCUT2D eigenvalue weighted by Gasteiger charge is 2.68. The molecule has 4 nitrogen and oxygen atoms in total. The molecule has 9 atom stereocenters. The predicted octanol–water partition coefficient (Wildman–Crippen LogP) is 3.85. The molecule has 4 fully saturated rings. The van der Waals surface area contributed by atoms with Gasteiger partial charge in [0.25, 0.3) is 0 Å². The normalized spacial score (nSPS) is 55.8. The summed E-state index contributed by atoms with van der Waals surface area (Å²) in [5.74, 6) is 2.02. The van der Waals surface area contributed by atoms with E-state index in [0.717, 1.165) is 56.9 Å². The van der Waals surface area contributed by atoms with Crippen molar-refractivity contribution < 1.29 is 19.7 Å². The first kappa shape index (κ1) is 19.1. The number of carbonyl (C=O) groups is 1. The Morgan fingerprint density at radius 2 is 1.86 bits per heavy atom. The van der Waals surface area contributed by atoms with E-state index in [2.05, 4.69) is 20.8 Å². The summed E-state index contributed by atoms with van der Waals surface area (Å²) in [4.78, 5) is 11.7. The van der Waals surface area contributed by atoms with Crippen molar-refractivity contribution in [2.75, 3.05) is 6.61 Å². The van der Waals surface area contributed by atoms with Crippen molar-refractivity contribution in [1.82, 2.24) is 0 Å². The molecule has 0 spiro atoms. The number of carbonyl (C=O) groups excluding carboxylic acids is 1. The molecule has 1 aliphatic heterocycles. The van der Waals surface area contributed by atoms with Gasteiger partial charge in [-0.05, 0) is 91.9 Å². The van der Waals surface area contributed by atoms with Gasteiger partial charge in [0.05, 0.1) is 11.7 Å². The Morgan fingerprint density at radius 3 is 2.57 bits per heavy atom. The summed E-state index contributed by atoms with van der Waals surface area (Å²) in [6.45, 7) is 7.50. The van der Waals surface area contributed by atoms with E-state index in [4.69, 9.17) is 4.74 Å². The average molecular weight is 389 g/mol. The second-order valence-corrected chi connectivity index (χ2v) is 11.2. The fourth-order valence-corrected chi connectivity index (χ4v) is 8.85. The van der Waals surface area contributed by atoms with Gasteiger partial charge < -0.3 is 14.9 Å². The monoisotopic (exact) mass is 388 g/mol. The SMILES string of the molecule is CC1C[C@H](O)C[C@H]2CC[C@@H]3[C@H](CC[C@]4(C)[C@@H](C5=CC(=O)OC5)CC[C@]34O)[C@@]12C. The van der Waals surface area contributed by atoms with Crippen LogP contribution in [0.25, 0.3) is 0 Å². The summed E-state index contributed by atoms with van der Waals surface area (Å²) in [5.41, 5.74) is 0.532. The number of hydrogen-bond acceptors (Lipinski definition) is 4. The highest BCUT2D eigenvalue weighted by atomic mass is 16.5. The summed E-state index contributed by atoms with van der Waals surface area (Å²) in [6.07, 6.45) is 9.60. The van der Waals surface area contributed by atoms with Crippen molar-refractivity contribution in [3.05, 3.63) is 11.6 Å². The minimum absolute atomic E-state index is 0.149. The van der Waals surface area contributed by atoms with Crippen molar-refractivity contribution in [3.8, 4) is 0 Å². The maximum atomic E-state index is 12.2. The second kappa shape index (κ2) is 6.07. The first-order valence-electron chi connectivity index (χ1n) is 11.5. The van der Waals surface area contributed by atoms with Crippen molar-refractivity contribution in [3.63, 3.8) is 0 Å². The van der Waals surface area contributed by atoms with Gasteiger partial charge in [0.2, 0.25) is 0 Å². The van der Waals surface area contributed by atoms with Gasteiger partial charge in [-0.25, -0.2) is 4.79 Å². The Labute approximate surface area is 168 Å². The molecule has 5 rings (SSSR count). The van der Waals surface area contributed by atoms with Crippen molar-refractivity contribution in [1.29, 1.82) is 0 Å². The van der Waals surface area contributed by atoms with Crippen LogP contribution in [-0.4, -0.2) is 34.5 Å². The van der Waals surface area contributed by atoms with Gasteiger partial charge in [0.1, 0.15) is 6.61 Å². The van der Waals surface area contributed by atoms with E-state index < -0.39 is 5.60 Å². The van der Waals surface area contributed by atoms with Crippen molar-refractivity contribution in [2.45, 2.75) is 83.8 Å². The van der Waals surface area contributed by atoms with Crippen LogP contribution in [0.4, 0.5) is 0 Å². The third kappa shape index (κ3) is 2.28. The van der Waals surface area contributed by atoms with Gasteiger partial charge in [-0.3, -0.25) is 0 Å². The second-order valence-electron chi connectivity index (χ2n) is 11.2. The van der Waals surface area contributed by atoms with Gasteiger partial charge in [-0.2, -0.15) is 0 Å². The number of fused-ring (bicyclic) bond motifs is 5. The molecule has 28 heavy (non-hydrogen) atoms. The van der Waals surface area contributed by atoms with E-state index >= 15 is 0 Å². The lowest BCUT2D eigenvalue weighted by Crippen LogP contribution is -2.63. The molecule has 5 aliphatic rings. The summed E-state index contributed by atoms with van der Waals surface area (Å²) >= 11 is 0. The highest BCUT2D eigenvalue weighted by molar-refractivity contribution is 5.85. The zero-order chi connectivity index (χ0) is 19.9. The predicted molar refractivity (Wildman–Crippen MR) is 106 cm³/mol. The topological polar surface area (TPSA) is 66.8 Å². The Kier molecular flexibility index (Phi) is 4.15. The summed E-state index contributed by atoms with van der Waals surface area (Å²) in [6, 6.07) is 0. The van der Waals surface area contributed by atoms with E-state index in [0.29, 0.717) is 30.3 Å². The van der Waals surface area contributed by atoms with Crippen molar-refractivity contribution in [2.24, 2.45) is 40.4 Å². The van der Waals surface area contributed by atoms with Crippen LogP contribution in [0.3, 0.4) is 0 Å². The average Bonchev–Trinajstić information content (AvgIpc) is 3.17. The van der Waals surface area contributed by atoms with Crippen LogP contribution in [-0.2, 0) is 9.53 Å². The molecule has 1 heterocycles. The molecular formula is C24H36O4. The number of hydrogen-bond donors (Lipinski definition) is 2. The van der Waals surface area contributed by atoms with Crippen LogP contribution < -0.4 is 0 Å². The smallest absolute Gasteiger partial charge is 0.331 e. The van der Waals surface area contributed by atoms with Crippen LogP contribution in [0.5, 0.6) is 0 Å². The number of esters is 1. The van der Waals surface area contributed by atoms with Gasteiger partial charge in [-0.15, -0.1) is 0 Å². The zero-order valence-corrected chi connectivity index (χ0v) is 17.6. The maximum absolute atomic E-state index is 12.2. The van der Waals surface area contributed by atoms with Crippen LogP contribution in [0.15, 0.2) is 11.6 Å². The molecular weight excluding hydrogens is 352 g/mol. The number of aliphatic hydroxyl groups is 2. The van der Waals surface area contributed by atoms with Gasteiger partial charge in [0, 0.05) is 11.5 Å². The lowest BCUT2D eigenvalue weighted by molar-refractivity contribution is -0.219. The quantitative estimate of drug-likeness (QED) is 0.670. The Balaban J connectivity index is 1.49. The summed E-state index contributed by atoms with van der Waals surface area (Å²) in [5, 5.41) is 22.6. The van der Waals surface area contributed by atoms with Crippen LogP contribution >= 0.6 is 0 Å². The fraction of sp³-hybridized carbons (Fsp3) is 0.875. The molecule has 0 amide bonds. The molecule has 0 aromatic heterocycles. The maximum Gasteiger partial charge on any atom is 0.331 e. The molecule has 0 aromatic carbocycles. The molecule has 156 valence electrons. The first-order valence-corrected chi connectivity index (χ1v) is 11.5. The minimum Gasteiger partial charge on any atom is -0.458 e. The van der Waals surface area contributed by atoms with E-state index in [1.807, 2.05) is 0 Å². The lowest BCUT2D eigenvalue weighted by Gasteiger charge is -2.65. The standard InChI is InChI=1S/C24H36O4/c1-14-10-17(25)12-16-4-5-20-19(23(14,16)3)6-8-22(2)18(7-9-24(20,22)27)15-11-21(26)28-13-15/h11,14,16-20,25,27H,4-10,12-13H2,1-3H3/t14?,16-,17+,18-,19+,20-,22-,23+,24+/m1/s1. The van der Waals surface area contributed by atoms with Gasteiger partial charge in [-0.1, -0.05) is 20.8 Å². The first-order chi connectivity index (χ1) is 13.2. The zero-order valence-electron chi connectivity index (χ0n) is 17.6. The van der Waals surface area contributed by atoms with Crippen LogP contribution in [0.1, 0.15) is 72.1 Å². The molecule has 0 aromatic rings. The van der Waals surface area contributed by atoms with E-state index in [-0.39, 0.29) is 28.8 Å². The van der Waals surface area contributed by atoms with Crippen LogP contribution in [0.2, 0.25) is 0 Å². The molecule has 0 bridgehead atoms. The molecule has 1 unspecified atom stereocenters. The van der Waals surface area contributed by atoms with E-state index in [1.165, 1.54) is 0 Å². The molecule has 2 N–H and O–H groups in total. The largest absolute Gasteiger partial charge is 0.458 e. The summed E-state index contributed by atoms with van der Waals surface area (Å²) in [7, 11) is 0. The number of rotatable bonds is 1. The lowest BCUT2D eigenvalue weighted by atomic mass is 9.41.